The lowest BCUT2D eigenvalue weighted by Gasteiger charge is -2.10. The SMILES string of the molecule is NC(CC(=O)O)c1c(F)cccc1[N+](=O)[O-]. The molecule has 0 saturated heterocycles. The second kappa shape index (κ2) is 4.67. The molecule has 1 atom stereocenters. The lowest BCUT2D eigenvalue weighted by Crippen LogP contribution is -2.18. The molecule has 0 aliphatic heterocycles. The first-order valence-corrected chi connectivity index (χ1v) is 4.33. The Morgan fingerprint density at radius 3 is 2.75 bits per heavy atom. The van der Waals surface area contributed by atoms with Crippen molar-refractivity contribution >= 4 is 11.7 Å². The monoisotopic (exact) mass is 228 g/mol. The summed E-state index contributed by atoms with van der Waals surface area (Å²) in [5.74, 6) is -2.12. The number of hydrogen-bond donors (Lipinski definition) is 2. The summed E-state index contributed by atoms with van der Waals surface area (Å²) < 4.78 is 13.3. The number of carbonyl (C=O) groups is 1. The summed E-state index contributed by atoms with van der Waals surface area (Å²) in [5, 5.41) is 19.1. The number of carboxylic acids is 1. The normalized spacial score (nSPS) is 12.1. The van der Waals surface area contributed by atoms with Gasteiger partial charge in [-0.15, -0.1) is 0 Å². The average molecular weight is 228 g/mol. The maximum atomic E-state index is 13.3. The first-order valence-electron chi connectivity index (χ1n) is 4.33. The lowest BCUT2D eigenvalue weighted by molar-refractivity contribution is -0.385. The van der Waals surface area contributed by atoms with Crippen molar-refractivity contribution in [2.45, 2.75) is 12.5 Å². The molecule has 3 N–H and O–H groups in total. The van der Waals surface area contributed by atoms with Crippen LogP contribution >= 0.6 is 0 Å². The zero-order chi connectivity index (χ0) is 12.3. The molecule has 0 heterocycles. The van der Waals surface area contributed by atoms with E-state index < -0.39 is 34.9 Å². The van der Waals surface area contributed by atoms with Gasteiger partial charge in [0.05, 0.1) is 16.9 Å². The predicted octanol–water partition coefficient (Wildman–Crippen LogP) is 1.21. The fourth-order valence-corrected chi connectivity index (χ4v) is 1.34. The molecular weight excluding hydrogens is 219 g/mol. The molecule has 0 aliphatic rings. The van der Waals surface area contributed by atoms with E-state index >= 15 is 0 Å². The van der Waals surface area contributed by atoms with Gasteiger partial charge in [0.15, 0.2) is 0 Å². The van der Waals surface area contributed by atoms with Gasteiger partial charge in [-0.1, -0.05) is 6.07 Å². The second-order valence-corrected chi connectivity index (χ2v) is 3.13. The number of hydrogen-bond acceptors (Lipinski definition) is 4. The first-order chi connectivity index (χ1) is 7.43. The van der Waals surface area contributed by atoms with Gasteiger partial charge in [0.25, 0.3) is 5.69 Å². The lowest BCUT2D eigenvalue weighted by atomic mass is 10.0. The van der Waals surface area contributed by atoms with E-state index in [0.717, 1.165) is 12.1 Å². The number of benzene rings is 1. The van der Waals surface area contributed by atoms with E-state index in [1.165, 1.54) is 6.07 Å². The molecule has 16 heavy (non-hydrogen) atoms. The van der Waals surface area contributed by atoms with Crippen LogP contribution in [0.1, 0.15) is 18.0 Å². The highest BCUT2D eigenvalue weighted by atomic mass is 19.1. The van der Waals surface area contributed by atoms with Crippen molar-refractivity contribution in [2.24, 2.45) is 5.73 Å². The minimum Gasteiger partial charge on any atom is -0.481 e. The van der Waals surface area contributed by atoms with Gasteiger partial charge in [-0.05, 0) is 6.07 Å². The van der Waals surface area contributed by atoms with Crippen LogP contribution in [0.15, 0.2) is 18.2 Å². The molecule has 1 aromatic rings. The maximum Gasteiger partial charge on any atom is 0.305 e. The standard InChI is InChI=1S/C9H9FN2O4/c10-5-2-1-3-7(12(15)16)9(5)6(11)4-8(13)14/h1-3,6H,4,11H2,(H,13,14). The highest BCUT2D eigenvalue weighted by molar-refractivity contribution is 5.68. The van der Waals surface area contributed by atoms with Gasteiger partial charge in [0.2, 0.25) is 0 Å². The van der Waals surface area contributed by atoms with Gasteiger partial charge in [0.1, 0.15) is 5.82 Å². The van der Waals surface area contributed by atoms with Gasteiger partial charge in [-0.2, -0.15) is 0 Å². The van der Waals surface area contributed by atoms with Crippen molar-refractivity contribution in [1.82, 2.24) is 0 Å². The Hall–Kier alpha value is -2.02. The minimum atomic E-state index is -1.25. The molecule has 0 aliphatic carbocycles. The number of nitrogens with two attached hydrogens (primary N) is 1. The fourth-order valence-electron chi connectivity index (χ4n) is 1.34. The summed E-state index contributed by atoms with van der Waals surface area (Å²) in [6.07, 6.45) is -0.568. The van der Waals surface area contributed by atoms with Gasteiger partial charge in [-0.3, -0.25) is 14.9 Å². The number of nitro groups is 1. The molecule has 0 fully saturated rings. The van der Waals surface area contributed by atoms with Crippen LogP contribution in [0, 0.1) is 15.9 Å². The molecule has 0 radical (unpaired) electrons. The van der Waals surface area contributed by atoms with Crippen LogP contribution in [-0.4, -0.2) is 16.0 Å². The molecule has 1 unspecified atom stereocenters. The molecule has 86 valence electrons. The zero-order valence-corrected chi connectivity index (χ0v) is 8.09. The van der Waals surface area contributed by atoms with Gasteiger partial charge < -0.3 is 10.8 Å². The van der Waals surface area contributed by atoms with Crippen molar-refractivity contribution in [1.29, 1.82) is 0 Å². The van der Waals surface area contributed by atoms with Crippen molar-refractivity contribution in [3.05, 3.63) is 39.7 Å². The second-order valence-electron chi connectivity index (χ2n) is 3.13. The molecule has 0 aromatic heterocycles. The van der Waals surface area contributed by atoms with E-state index in [9.17, 15) is 19.3 Å². The fraction of sp³-hybridized carbons (Fsp3) is 0.222. The third-order valence-corrected chi connectivity index (χ3v) is 1.99. The Balaban J connectivity index is 3.19. The summed E-state index contributed by atoms with van der Waals surface area (Å²) in [6.45, 7) is 0. The Labute approximate surface area is 89.6 Å². The number of halogens is 1. The smallest absolute Gasteiger partial charge is 0.305 e. The highest BCUT2D eigenvalue weighted by Crippen LogP contribution is 2.28. The molecule has 0 spiro atoms. The van der Waals surface area contributed by atoms with Crippen LogP contribution < -0.4 is 5.73 Å². The number of nitrogens with zero attached hydrogens (tertiary/aromatic N) is 1. The van der Waals surface area contributed by atoms with E-state index in [-0.39, 0.29) is 5.56 Å². The number of nitro benzene ring substituents is 1. The summed E-state index contributed by atoms with van der Waals surface area (Å²) in [5.41, 5.74) is 4.52. The number of carboxylic acid groups (broad SMARTS) is 1. The van der Waals surface area contributed by atoms with Crippen molar-refractivity contribution in [3.63, 3.8) is 0 Å². The minimum absolute atomic E-state index is 0.380. The van der Waals surface area contributed by atoms with Gasteiger partial charge in [-0.25, -0.2) is 4.39 Å². The van der Waals surface area contributed by atoms with E-state index in [1.54, 1.807) is 0 Å². The molecule has 0 amide bonds. The van der Waals surface area contributed by atoms with E-state index in [0.29, 0.717) is 0 Å². The van der Waals surface area contributed by atoms with Crippen LogP contribution in [0.4, 0.5) is 10.1 Å². The molecule has 1 rings (SSSR count). The van der Waals surface area contributed by atoms with Crippen LogP contribution in [-0.2, 0) is 4.79 Å². The van der Waals surface area contributed by atoms with Crippen LogP contribution in [0.25, 0.3) is 0 Å². The molecular formula is C9H9FN2O4. The Kier molecular flexibility index (Phi) is 3.51. The highest BCUT2D eigenvalue weighted by Gasteiger charge is 2.24. The average Bonchev–Trinajstić information content (AvgIpc) is 2.15. The predicted molar refractivity (Wildman–Crippen MR) is 52.2 cm³/mol. The van der Waals surface area contributed by atoms with E-state index in [1.807, 2.05) is 0 Å². The zero-order valence-electron chi connectivity index (χ0n) is 8.09. The van der Waals surface area contributed by atoms with Crippen LogP contribution in [0.5, 0.6) is 0 Å². The van der Waals surface area contributed by atoms with Crippen LogP contribution in [0.3, 0.4) is 0 Å². The van der Waals surface area contributed by atoms with Gasteiger partial charge in [0, 0.05) is 12.1 Å². The van der Waals surface area contributed by atoms with Crippen molar-refractivity contribution < 1.29 is 19.2 Å². The summed E-state index contributed by atoms with van der Waals surface area (Å²) >= 11 is 0. The topological polar surface area (TPSA) is 106 Å². The van der Waals surface area contributed by atoms with Crippen LogP contribution in [0.2, 0.25) is 0 Å². The van der Waals surface area contributed by atoms with E-state index in [2.05, 4.69) is 0 Å². The largest absolute Gasteiger partial charge is 0.481 e. The summed E-state index contributed by atoms with van der Waals surface area (Å²) in [7, 11) is 0. The van der Waals surface area contributed by atoms with Crippen molar-refractivity contribution in [2.75, 3.05) is 0 Å². The number of rotatable bonds is 4. The third kappa shape index (κ3) is 2.51. The molecule has 6 nitrogen and oxygen atoms in total. The molecule has 0 saturated carbocycles. The maximum absolute atomic E-state index is 13.3. The Morgan fingerprint density at radius 1 is 1.62 bits per heavy atom. The quantitative estimate of drug-likeness (QED) is 0.595. The first kappa shape index (κ1) is 12.1. The molecule has 7 heteroatoms. The van der Waals surface area contributed by atoms with Crippen molar-refractivity contribution in [3.8, 4) is 0 Å². The third-order valence-electron chi connectivity index (χ3n) is 1.99. The summed E-state index contributed by atoms with van der Waals surface area (Å²) in [4.78, 5) is 20.2. The molecule has 1 aromatic carbocycles. The Morgan fingerprint density at radius 2 is 2.25 bits per heavy atom. The Bertz CT molecular complexity index is 436. The summed E-state index contributed by atoms with van der Waals surface area (Å²) in [6, 6.07) is 2.02. The van der Waals surface area contributed by atoms with E-state index in [4.69, 9.17) is 10.8 Å². The molecule has 0 bridgehead atoms. The van der Waals surface area contributed by atoms with Gasteiger partial charge >= 0.3 is 5.97 Å². The number of aliphatic carboxylic acids is 1.